The van der Waals surface area contributed by atoms with Gasteiger partial charge in [0.05, 0.1) is 22.8 Å². The average molecular weight is 601 g/mol. The van der Waals surface area contributed by atoms with Gasteiger partial charge in [0.25, 0.3) is 5.69 Å². The van der Waals surface area contributed by atoms with Gasteiger partial charge in [-0.15, -0.1) is 0 Å². The van der Waals surface area contributed by atoms with E-state index in [1.54, 1.807) is 12.1 Å². The minimum Gasteiger partial charge on any atom is -0.462 e. The van der Waals surface area contributed by atoms with Crippen LogP contribution in [0.1, 0.15) is 42.7 Å². The van der Waals surface area contributed by atoms with Crippen LogP contribution < -0.4 is 9.80 Å². The third kappa shape index (κ3) is 6.39. The van der Waals surface area contributed by atoms with Crippen LogP contribution >= 0.6 is 11.6 Å². The second-order valence-corrected chi connectivity index (χ2v) is 11.2. The van der Waals surface area contributed by atoms with Crippen molar-refractivity contribution in [3.8, 4) is 22.4 Å². The number of nitro groups is 1. The Bertz CT molecular complexity index is 1590. The number of anilines is 2. The maximum absolute atomic E-state index is 13.5. The number of ether oxygens (including phenoxy) is 1. The van der Waals surface area contributed by atoms with Crippen LogP contribution in [0, 0.1) is 17.0 Å². The molecule has 2 heterocycles. The van der Waals surface area contributed by atoms with Crippen molar-refractivity contribution in [2.45, 2.75) is 40.2 Å². The van der Waals surface area contributed by atoms with E-state index in [2.05, 4.69) is 39.5 Å². The van der Waals surface area contributed by atoms with Gasteiger partial charge in [0.15, 0.2) is 0 Å². The highest BCUT2D eigenvalue weighted by Gasteiger charge is 2.28. The molecule has 3 aromatic carbocycles. The van der Waals surface area contributed by atoms with Crippen molar-refractivity contribution in [3.63, 3.8) is 0 Å². The lowest BCUT2D eigenvalue weighted by atomic mass is 9.96. The highest BCUT2D eigenvalue weighted by atomic mass is 35.5. The second kappa shape index (κ2) is 13.3. The summed E-state index contributed by atoms with van der Waals surface area (Å²) in [6.45, 7) is 10.3. The molecule has 0 spiro atoms. The van der Waals surface area contributed by atoms with Gasteiger partial charge < -0.3 is 19.1 Å². The van der Waals surface area contributed by atoms with Crippen molar-refractivity contribution in [1.82, 2.24) is 4.57 Å². The second-order valence-electron chi connectivity index (χ2n) is 10.7. The van der Waals surface area contributed by atoms with Gasteiger partial charge in [-0.05, 0) is 67.8 Å². The minimum absolute atomic E-state index is 0.0955. The Labute approximate surface area is 257 Å². The molecule has 0 aliphatic carbocycles. The molecular weight excluding hydrogens is 564 g/mol. The summed E-state index contributed by atoms with van der Waals surface area (Å²) >= 11 is 6.27. The first kappa shape index (κ1) is 30.2. The van der Waals surface area contributed by atoms with Crippen LogP contribution in [0.5, 0.6) is 0 Å². The van der Waals surface area contributed by atoms with Crippen LogP contribution in [0.4, 0.5) is 17.1 Å². The van der Waals surface area contributed by atoms with E-state index in [-0.39, 0.29) is 16.6 Å². The number of non-ortho nitro benzene ring substituents is 1. The van der Waals surface area contributed by atoms with Crippen LogP contribution in [0.3, 0.4) is 0 Å². The van der Waals surface area contributed by atoms with Crippen LogP contribution in [-0.4, -0.2) is 48.2 Å². The van der Waals surface area contributed by atoms with Gasteiger partial charge in [-0.2, -0.15) is 0 Å². The molecule has 0 radical (unpaired) electrons. The van der Waals surface area contributed by atoms with E-state index in [0.717, 1.165) is 85.0 Å². The number of unbranched alkanes of at least 4 members (excludes halogenated alkanes) is 1. The molecule has 0 N–H and O–H groups in total. The lowest BCUT2D eigenvalue weighted by Crippen LogP contribution is -2.46. The summed E-state index contributed by atoms with van der Waals surface area (Å²) in [5, 5.41) is 11.7. The minimum atomic E-state index is -0.375. The van der Waals surface area contributed by atoms with E-state index in [1.807, 2.05) is 56.3 Å². The number of carbonyl (C=O) groups excluding carboxylic acids is 1. The molecule has 0 amide bonds. The molecule has 4 aromatic rings. The summed E-state index contributed by atoms with van der Waals surface area (Å²) in [6.07, 6.45) is 2.01. The maximum Gasteiger partial charge on any atom is 0.340 e. The number of rotatable bonds is 10. The normalized spacial score (nSPS) is 13.3. The maximum atomic E-state index is 13.5. The smallest absolute Gasteiger partial charge is 0.340 e. The van der Waals surface area contributed by atoms with Crippen LogP contribution in [0.25, 0.3) is 22.4 Å². The van der Waals surface area contributed by atoms with E-state index < -0.39 is 0 Å². The molecule has 8 nitrogen and oxygen atoms in total. The molecule has 1 aliphatic rings. The predicted octanol–water partition coefficient (Wildman–Crippen LogP) is 8.00. The summed E-state index contributed by atoms with van der Waals surface area (Å²) < 4.78 is 7.85. The predicted molar refractivity (Wildman–Crippen MR) is 173 cm³/mol. The quantitative estimate of drug-likeness (QED) is 0.104. The van der Waals surface area contributed by atoms with Gasteiger partial charge in [0.1, 0.15) is 0 Å². The molecule has 0 bridgehead atoms. The number of benzene rings is 3. The van der Waals surface area contributed by atoms with Gasteiger partial charge in [0, 0.05) is 72.5 Å². The van der Waals surface area contributed by atoms with E-state index in [0.29, 0.717) is 17.2 Å². The highest BCUT2D eigenvalue weighted by molar-refractivity contribution is 6.30. The zero-order chi connectivity index (χ0) is 30.5. The first-order chi connectivity index (χ1) is 20.8. The summed E-state index contributed by atoms with van der Waals surface area (Å²) in [5.74, 6) is -0.317. The van der Waals surface area contributed by atoms with Crippen molar-refractivity contribution >= 4 is 34.6 Å². The Morgan fingerprint density at radius 3 is 2.16 bits per heavy atom. The fourth-order valence-corrected chi connectivity index (χ4v) is 5.97. The molecule has 9 heteroatoms. The highest BCUT2D eigenvalue weighted by Crippen LogP contribution is 2.41. The zero-order valence-corrected chi connectivity index (χ0v) is 25.6. The first-order valence-electron chi connectivity index (χ1n) is 14.8. The Balaban J connectivity index is 1.51. The number of nitrogens with zero attached hydrogens (tertiary/aromatic N) is 4. The van der Waals surface area contributed by atoms with Crippen molar-refractivity contribution in [1.29, 1.82) is 0 Å². The topological polar surface area (TPSA) is 80.8 Å². The molecular formula is C34H37ClN4O4. The molecule has 5 rings (SSSR count). The van der Waals surface area contributed by atoms with E-state index in [9.17, 15) is 14.9 Å². The summed E-state index contributed by atoms with van der Waals surface area (Å²) in [4.78, 5) is 28.8. The zero-order valence-electron chi connectivity index (χ0n) is 24.9. The van der Waals surface area contributed by atoms with Crippen LogP contribution in [0.15, 0.2) is 72.8 Å². The van der Waals surface area contributed by atoms with Gasteiger partial charge in [0.2, 0.25) is 0 Å². The van der Waals surface area contributed by atoms with E-state index >= 15 is 0 Å². The Kier molecular flexibility index (Phi) is 9.36. The summed E-state index contributed by atoms with van der Waals surface area (Å²) in [6, 6.07) is 22.9. The number of nitro benzene ring substituents is 1. The summed E-state index contributed by atoms with van der Waals surface area (Å²) in [7, 11) is 0. The monoisotopic (exact) mass is 600 g/mol. The average Bonchev–Trinajstić information content (AvgIpc) is 3.32. The molecule has 0 saturated carbocycles. The molecule has 0 atom stereocenters. The van der Waals surface area contributed by atoms with Crippen molar-refractivity contribution in [3.05, 3.63) is 99.2 Å². The van der Waals surface area contributed by atoms with Gasteiger partial charge in [-0.25, -0.2) is 4.79 Å². The number of hydrogen-bond acceptors (Lipinski definition) is 6. The third-order valence-corrected chi connectivity index (χ3v) is 8.31. The Morgan fingerprint density at radius 2 is 1.56 bits per heavy atom. The van der Waals surface area contributed by atoms with Gasteiger partial charge in [-0.1, -0.05) is 49.2 Å². The van der Waals surface area contributed by atoms with Crippen LogP contribution in [0.2, 0.25) is 5.02 Å². The number of esters is 1. The Hall–Kier alpha value is -4.30. The summed E-state index contributed by atoms with van der Waals surface area (Å²) in [5.41, 5.74) is 7.48. The van der Waals surface area contributed by atoms with E-state index in [1.165, 1.54) is 0 Å². The molecule has 1 saturated heterocycles. The molecule has 1 aromatic heterocycles. The largest absolute Gasteiger partial charge is 0.462 e. The van der Waals surface area contributed by atoms with Crippen LogP contribution in [-0.2, 0) is 11.3 Å². The number of hydrogen-bond donors (Lipinski definition) is 0. The molecule has 1 fully saturated rings. The standard InChI is InChI=1S/C34H37ClN4O4/c1-4-6-18-38-24(3)31(34(40)43-5-2)32(33(38)25-10-12-27(35)13-11-25)26-8-7-9-30(23-26)37-21-19-36(20-22-37)28-14-16-29(17-15-28)39(41)42/h7-17,23H,4-6,18-22H2,1-3H3. The fourth-order valence-electron chi connectivity index (χ4n) is 5.84. The number of carbonyl (C=O) groups is 1. The molecule has 43 heavy (non-hydrogen) atoms. The Morgan fingerprint density at radius 1 is 0.907 bits per heavy atom. The van der Waals surface area contributed by atoms with Crippen molar-refractivity contribution in [2.75, 3.05) is 42.6 Å². The van der Waals surface area contributed by atoms with Crippen molar-refractivity contribution < 1.29 is 14.5 Å². The molecule has 0 unspecified atom stereocenters. The lowest BCUT2D eigenvalue weighted by molar-refractivity contribution is -0.384. The molecule has 224 valence electrons. The van der Waals surface area contributed by atoms with Crippen molar-refractivity contribution in [2.24, 2.45) is 0 Å². The number of piperazine rings is 1. The number of aromatic nitrogens is 1. The van der Waals surface area contributed by atoms with Gasteiger partial charge in [-0.3, -0.25) is 10.1 Å². The SMILES string of the molecule is CCCCn1c(C)c(C(=O)OCC)c(-c2cccc(N3CCN(c4ccc([N+](=O)[O-])cc4)CC3)c2)c1-c1ccc(Cl)cc1. The van der Waals surface area contributed by atoms with Gasteiger partial charge >= 0.3 is 5.97 Å². The third-order valence-electron chi connectivity index (χ3n) is 8.06. The van der Waals surface area contributed by atoms with E-state index in [4.69, 9.17) is 16.3 Å². The first-order valence-corrected chi connectivity index (χ1v) is 15.2. The fraction of sp³-hybridized carbons (Fsp3) is 0.324. The lowest BCUT2D eigenvalue weighted by Gasteiger charge is -2.37. The number of halogens is 1. The molecule has 1 aliphatic heterocycles.